The molecule has 0 radical (unpaired) electrons. The Morgan fingerprint density at radius 2 is 1.80 bits per heavy atom. The van der Waals surface area contributed by atoms with E-state index in [0.717, 1.165) is 12.0 Å². The first-order valence-electron chi connectivity index (χ1n) is 13.3. The average molecular weight is 568 g/mol. The summed E-state index contributed by atoms with van der Waals surface area (Å²) in [6.45, 7) is 12.6. The Hall–Kier alpha value is -3.69. The van der Waals surface area contributed by atoms with Gasteiger partial charge in [0.25, 0.3) is 6.43 Å². The SMILES string of the molecule is CC.CCc1ccc(OCC(F)F)cc1C.COC(=O)N/C=C/CCC(C)c1cc(O)c(C(=O)C(C)C)c(=O)o1. The summed E-state index contributed by atoms with van der Waals surface area (Å²) < 4.78 is 38.2. The molecule has 2 N–H and O–H groups in total. The van der Waals surface area contributed by atoms with Crippen molar-refractivity contribution in [3.63, 3.8) is 0 Å². The smallest absolute Gasteiger partial charge is 0.410 e. The number of carbonyl (C=O) groups is 2. The predicted molar refractivity (Wildman–Crippen MR) is 152 cm³/mol. The minimum absolute atomic E-state index is 0.144. The van der Waals surface area contributed by atoms with Crippen LogP contribution < -0.4 is 15.7 Å². The number of halogens is 2. The number of ether oxygens (including phenoxy) is 2. The molecule has 0 aliphatic carbocycles. The zero-order valence-corrected chi connectivity index (χ0v) is 24.7. The van der Waals surface area contributed by atoms with E-state index < -0.39 is 36.5 Å². The number of benzene rings is 1. The number of ketones is 1. The van der Waals surface area contributed by atoms with Gasteiger partial charge in [0.2, 0.25) is 0 Å². The minimum Gasteiger partial charge on any atom is -0.507 e. The number of aromatic hydroxyl groups is 1. The molecule has 0 bridgehead atoms. The van der Waals surface area contributed by atoms with E-state index in [9.17, 15) is 28.3 Å². The van der Waals surface area contributed by atoms with E-state index in [0.29, 0.717) is 24.4 Å². The third kappa shape index (κ3) is 12.9. The van der Waals surface area contributed by atoms with Crippen molar-refractivity contribution in [2.75, 3.05) is 13.7 Å². The predicted octanol–water partition coefficient (Wildman–Crippen LogP) is 7.17. The van der Waals surface area contributed by atoms with Crippen LogP contribution >= 0.6 is 0 Å². The van der Waals surface area contributed by atoms with Crippen molar-refractivity contribution in [3.8, 4) is 11.5 Å². The number of alkyl carbamates (subject to hydrolysis) is 1. The summed E-state index contributed by atoms with van der Waals surface area (Å²) in [5.41, 5.74) is 1.18. The number of Topliss-reactive ketones (excluding diaryl/α,β-unsaturated/α-hetero) is 1. The van der Waals surface area contributed by atoms with E-state index in [1.54, 1.807) is 32.1 Å². The monoisotopic (exact) mass is 567 g/mol. The van der Waals surface area contributed by atoms with Crippen LogP contribution in [-0.4, -0.2) is 37.1 Å². The van der Waals surface area contributed by atoms with Crippen molar-refractivity contribution in [1.82, 2.24) is 5.32 Å². The van der Waals surface area contributed by atoms with Gasteiger partial charge in [-0.05, 0) is 49.4 Å². The van der Waals surface area contributed by atoms with Crippen molar-refractivity contribution in [2.24, 2.45) is 5.92 Å². The van der Waals surface area contributed by atoms with Crippen LogP contribution in [0.1, 0.15) is 87.5 Å². The van der Waals surface area contributed by atoms with Crippen LogP contribution in [-0.2, 0) is 11.2 Å². The van der Waals surface area contributed by atoms with Crippen LogP contribution in [0.15, 0.2) is 45.8 Å². The summed E-state index contributed by atoms with van der Waals surface area (Å²) in [6, 6.07) is 6.75. The summed E-state index contributed by atoms with van der Waals surface area (Å²) in [6.07, 6.45) is 2.42. The molecule has 0 aliphatic rings. The summed E-state index contributed by atoms with van der Waals surface area (Å²) in [7, 11) is 1.27. The van der Waals surface area contributed by atoms with Gasteiger partial charge in [-0.1, -0.05) is 53.7 Å². The molecular formula is C30H43F2NO7. The normalized spacial score (nSPS) is 11.3. The number of carbonyl (C=O) groups excluding carboxylic acids is 2. The quantitative estimate of drug-likeness (QED) is 0.277. The number of hydrogen-bond donors (Lipinski definition) is 2. The maximum atomic E-state index is 12.0. The third-order valence-electron chi connectivity index (χ3n) is 5.55. The van der Waals surface area contributed by atoms with E-state index in [-0.39, 0.29) is 17.2 Å². The largest absolute Gasteiger partial charge is 0.507 e. The number of nitrogens with one attached hydrogen (secondary N) is 1. The number of aryl methyl sites for hydroxylation is 2. The van der Waals surface area contributed by atoms with Crippen LogP contribution in [0.3, 0.4) is 0 Å². The van der Waals surface area contributed by atoms with Gasteiger partial charge in [0.15, 0.2) is 5.78 Å². The Morgan fingerprint density at radius 1 is 1.15 bits per heavy atom. The Balaban J connectivity index is 0.000000805. The van der Waals surface area contributed by atoms with Crippen LogP contribution in [0.4, 0.5) is 13.6 Å². The van der Waals surface area contributed by atoms with E-state index in [1.165, 1.54) is 24.9 Å². The molecule has 8 nitrogen and oxygen atoms in total. The van der Waals surface area contributed by atoms with Crippen molar-refractivity contribution in [2.45, 2.75) is 80.1 Å². The summed E-state index contributed by atoms with van der Waals surface area (Å²) in [5.74, 6) is -0.525. The average Bonchev–Trinajstić information content (AvgIpc) is 2.92. The first-order chi connectivity index (χ1) is 18.9. The van der Waals surface area contributed by atoms with Gasteiger partial charge < -0.3 is 19.0 Å². The molecule has 1 aromatic heterocycles. The van der Waals surface area contributed by atoms with Crippen molar-refractivity contribution in [1.29, 1.82) is 0 Å². The molecule has 40 heavy (non-hydrogen) atoms. The third-order valence-corrected chi connectivity index (χ3v) is 5.55. The van der Waals surface area contributed by atoms with Crippen LogP contribution in [0.2, 0.25) is 0 Å². The van der Waals surface area contributed by atoms with Gasteiger partial charge in [-0.3, -0.25) is 10.1 Å². The van der Waals surface area contributed by atoms with Gasteiger partial charge in [-0.15, -0.1) is 0 Å². The lowest BCUT2D eigenvalue weighted by Gasteiger charge is -2.11. The molecule has 1 atom stereocenters. The van der Waals surface area contributed by atoms with Crippen LogP contribution in [0, 0.1) is 12.8 Å². The second-order valence-corrected chi connectivity index (χ2v) is 8.88. The summed E-state index contributed by atoms with van der Waals surface area (Å²) in [5, 5.41) is 12.4. The van der Waals surface area contributed by atoms with Crippen molar-refractivity contribution >= 4 is 11.9 Å². The Kier molecular flexibility index (Phi) is 17.6. The minimum atomic E-state index is -2.42. The molecular weight excluding hydrogens is 524 g/mol. The summed E-state index contributed by atoms with van der Waals surface area (Å²) >= 11 is 0. The van der Waals surface area contributed by atoms with E-state index >= 15 is 0 Å². The molecule has 2 rings (SSSR count). The lowest BCUT2D eigenvalue weighted by Crippen LogP contribution is -2.19. The van der Waals surface area contributed by atoms with E-state index in [2.05, 4.69) is 17.0 Å². The molecule has 2 aromatic rings. The van der Waals surface area contributed by atoms with Gasteiger partial charge in [0.1, 0.15) is 29.4 Å². The zero-order chi connectivity index (χ0) is 30.8. The Bertz CT molecular complexity index is 1140. The summed E-state index contributed by atoms with van der Waals surface area (Å²) in [4.78, 5) is 34.7. The number of hydrogen-bond acceptors (Lipinski definition) is 7. The first-order valence-corrected chi connectivity index (χ1v) is 13.3. The van der Waals surface area contributed by atoms with Crippen molar-refractivity contribution in [3.05, 3.63) is 69.4 Å². The fourth-order valence-electron chi connectivity index (χ4n) is 3.33. The standard InChI is InChI=1S/C17H23NO6.C11H14F2O.C2H6/c1-10(2)15(20)14-12(19)9-13(24-16(14)21)11(3)7-5-6-8-18-17(22)23-4;1-3-9-4-5-10(6-8(9)2)14-7-11(12)13;1-2/h6,8-11,19H,5,7H2,1-4H3,(H,18,22);4-6,11H,3,7H2,1-2H3;1-2H3/b8-6+;;. The van der Waals surface area contributed by atoms with E-state index in [4.69, 9.17) is 9.15 Å². The van der Waals surface area contributed by atoms with Gasteiger partial charge >= 0.3 is 11.7 Å². The van der Waals surface area contributed by atoms with Gasteiger partial charge in [0, 0.05) is 24.1 Å². The molecule has 0 aliphatic heterocycles. The topological polar surface area (TPSA) is 115 Å². The zero-order valence-electron chi connectivity index (χ0n) is 24.7. The van der Waals surface area contributed by atoms with Crippen molar-refractivity contribution < 1.29 is 37.4 Å². The number of rotatable bonds is 11. The highest BCUT2D eigenvalue weighted by Gasteiger charge is 2.22. The second kappa shape index (κ2) is 19.4. The Morgan fingerprint density at radius 3 is 2.30 bits per heavy atom. The molecule has 0 saturated carbocycles. The first kappa shape index (κ1) is 36.3. The lowest BCUT2D eigenvalue weighted by molar-refractivity contribution is 0.0818. The number of amides is 1. The van der Waals surface area contributed by atoms with Gasteiger partial charge in [-0.25, -0.2) is 18.4 Å². The fraction of sp³-hybridized carbons (Fsp3) is 0.500. The molecule has 0 spiro atoms. The highest BCUT2D eigenvalue weighted by Crippen LogP contribution is 2.26. The number of methoxy groups -OCH3 is 1. The molecule has 1 amide bonds. The van der Waals surface area contributed by atoms with Crippen LogP contribution in [0.5, 0.6) is 11.5 Å². The molecule has 1 heterocycles. The van der Waals surface area contributed by atoms with Gasteiger partial charge in [0.05, 0.1) is 7.11 Å². The molecule has 1 aromatic carbocycles. The molecule has 1 unspecified atom stereocenters. The lowest BCUT2D eigenvalue weighted by atomic mass is 9.99. The maximum Gasteiger partial charge on any atom is 0.410 e. The number of allylic oxidation sites excluding steroid dienone is 1. The van der Waals surface area contributed by atoms with Gasteiger partial charge in [-0.2, -0.15) is 0 Å². The molecule has 0 fully saturated rings. The van der Waals surface area contributed by atoms with Crippen LogP contribution in [0.25, 0.3) is 0 Å². The molecule has 224 valence electrons. The highest BCUT2D eigenvalue weighted by atomic mass is 19.3. The fourth-order valence-corrected chi connectivity index (χ4v) is 3.33. The second-order valence-electron chi connectivity index (χ2n) is 8.88. The number of alkyl halides is 2. The highest BCUT2D eigenvalue weighted by molar-refractivity contribution is 5.99. The molecule has 0 saturated heterocycles. The molecule has 10 heteroatoms. The van der Waals surface area contributed by atoms with E-state index in [1.807, 2.05) is 33.8 Å². The Labute approximate surface area is 235 Å². The maximum absolute atomic E-state index is 12.0.